The molecule has 6 nitrogen and oxygen atoms in total. The minimum atomic E-state index is -0.764. The molecule has 0 rings (SSSR count). The van der Waals surface area contributed by atoms with Crippen LogP contribution < -0.4 is 0 Å². The highest BCUT2D eigenvalue weighted by Crippen LogP contribution is 2.20. The summed E-state index contributed by atoms with van der Waals surface area (Å²) in [4.78, 5) is 38.4. The fraction of sp³-hybridized carbons (Fsp3) is 0.955. The molecule has 0 saturated heterocycles. The van der Waals surface area contributed by atoms with Gasteiger partial charge in [-0.15, -0.1) is 0 Å². The van der Waals surface area contributed by atoms with Crippen molar-refractivity contribution in [2.24, 2.45) is 11.8 Å². The van der Waals surface area contributed by atoms with E-state index in [0.29, 0.717) is 19.3 Å². The molecule has 0 radical (unpaired) electrons. The van der Waals surface area contributed by atoms with Crippen LogP contribution in [0.1, 0.15) is 381 Å². The van der Waals surface area contributed by atoms with Crippen LogP contribution in [0.5, 0.6) is 0 Å². The van der Waals surface area contributed by atoms with Crippen LogP contribution in [0.4, 0.5) is 0 Å². The van der Waals surface area contributed by atoms with Gasteiger partial charge in [0, 0.05) is 19.3 Å². The highest BCUT2D eigenvalue weighted by atomic mass is 16.6. The van der Waals surface area contributed by atoms with Crippen molar-refractivity contribution >= 4 is 17.9 Å². The standard InChI is InChI=1S/C67H130O6/c1-6-8-9-10-11-12-13-14-20-27-32-37-42-47-52-57-65(68)71-60-64(61-72-66(69)58-53-48-43-38-33-28-24-19-21-25-30-35-40-45-50-55-62(3)4)73-67(70)59-54-49-44-39-34-29-23-18-16-15-17-22-26-31-36-41-46-51-56-63(5)7-2/h62-64H,6-61H2,1-5H3/t63?,64-/m1/s1. The highest BCUT2D eigenvalue weighted by Gasteiger charge is 2.19. The van der Waals surface area contributed by atoms with E-state index in [-0.39, 0.29) is 31.1 Å². The zero-order chi connectivity index (χ0) is 53.2. The first-order valence-corrected chi connectivity index (χ1v) is 33.3. The maximum Gasteiger partial charge on any atom is 0.306 e. The average molecular weight is 1030 g/mol. The minimum Gasteiger partial charge on any atom is -0.462 e. The molecule has 6 heteroatoms. The van der Waals surface area contributed by atoms with Gasteiger partial charge in [0.2, 0.25) is 0 Å². The molecular formula is C67H130O6. The van der Waals surface area contributed by atoms with Gasteiger partial charge in [-0.2, -0.15) is 0 Å². The van der Waals surface area contributed by atoms with Gasteiger partial charge in [-0.3, -0.25) is 14.4 Å². The molecule has 0 heterocycles. The molecular weight excluding hydrogens is 901 g/mol. The largest absolute Gasteiger partial charge is 0.462 e. The summed E-state index contributed by atoms with van der Waals surface area (Å²) in [5.74, 6) is 0.930. The van der Waals surface area contributed by atoms with Crippen molar-refractivity contribution in [2.75, 3.05) is 13.2 Å². The van der Waals surface area contributed by atoms with E-state index in [1.54, 1.807) is 0 Å². The van der Waals surface area contributed by atoms with E-state index in [4.69, 9.17) is 14.2 Å². The predicted octanol–water partition coefficient (Wildman–Crippen LogP) is 22.4. The molecule has 0 spiro atoms. The molecule has 73 heavy (non-hydrogen) atoms. The van der Waals surface area contributed by atoms with Crippen LogP contribution in [-0.2, 0) is 28.6 Å². The first-order chi connectivity index (χ1) is 35.8. The van der Waals surface area contributed by atoms with Crippen LogP contribution in [0.15, 0.2) is 0 Å². The van der Waals surface area contributed by atoms with Crippen molar-refractivity contribution in [1.29, 1.82) is 0 Å². The van der Waals surface area contributed by atoms with Gasteiger partial charge in [0.05, 0.1) is 0 Å². The summed E-state index contributed by atoms with van der Waals surface area (Å²) >= 11 is 0. The summed E-state index contributed by atoms with van der Waals surface area (Å²) in [6.07, 6.45) is 66.7. The lowest BCUT2D eigenvalue weighted by Gasteiger charge is -2.18. The van der Waals surface area contributed by atoms with Crippen LogP contribution in [0, 0.1) is 11.8 Å². The van der Waals surface area contributed by atoms with E-state index in [1.165, 1.54) is 270 Å². The van der Waals surface area contributed by atoms with E-state index in [2.05, 4.69) is 34.6 Å². The second-order valence-corrected chi connectivity index (χ2v) is 23.8. The fourth-order valence-electron chi connectivity index (χ4n) is 10.4. The Bertz CT molecular complexity index is 1120. The van der Waals surface area contributed by atoms with Crippen molar-refractivity contribution in [3.05, 3.63) is 0 Å². The van der Waals surface area contributed by atoms with Gasteiger partial charge in [-0.1, -0.05) is 343 Å². The molecule has 434 valence electrons. The normalized spacial score (nSPS) is 12.4. The zero-order valence-corrected chi connectivity index (χ0v) is 50.3. The molecule has 0 aromatic rings. The highest BCUT2D eigenvalue weighted by molar-refractivity contribution is 5.71. The summed E-state index contributed by atoms with van der Waals surface area (Å²) in [6, 6.07) is 0. The Morgan fingerprint density at radius 2 is 0.521 bits per heavy atom. The second kappa shape index (κ2) is 59.7. The van der Waals surface area contributed by atoms with Crippen LogP contribution in [0.2, 0.25) is 0 Å². The summed E-state index contributed by atoms with van der Waals surface area (Å²) in [7, 11) is 0. The molecule has 0 aliphatic rings. The Balaban J connectivity index is 4.27. The van der Waals surface area contributed by atoms with E-state index >= 15 is 0 Å². The molecule has 0 saturated carbocycles. The Labute approximate surface area is 457 Å². The van der Waals surface area contributed by atoms with Crippen LogP contribution in [0.25, 0.3) is 0 Å². The van der Waals surface area contributed by atoms with Crippen LogP contribution in [0.3, 0.4) is 0 Å². The van der Waals surface area contributed by atoms with E-state index in [1.807, 2.05) is 0 Å². The summed E-state index contributed by atoms with van der Waals surface area (Å²) in [6.45, 7) is 11.5. The van der Waals surface area contributed by atoms with Gasteiger partial charge in [-0.05, 0) is 31.1 Å². The first kappa shape index (κ1) is 71.4. The first-order valence-electron chi connectivity index (χ1n) is 33.3. The van der Waals surface area contributed by atoms with Crippen molar-refractivity contribution in [2.45, 2.75) is 387 Å². The molecule has 0 fully saturated rings. The number of hydrogen-bond acceptors (Lipinski definition) is 6. The van der Waals surface area contributed by atoms with Gasteiger partial charge in [-0.25, -0.2) is 0 Å². The molecule has 0 aromatic carbocycles. The van der Waals surface area contributed by atoms with E-state index < -0.39 is 6.10 Å². The topological polar surface area (TPSA) is 78.9 Å². The Morgan fingerprint density at radius 1 is 0.288 bits per heavy atom. The number of hydrogen-bond donors (Lipinski definition) is 0. The van der Waals surface area contributed by atoms with Gasteiger partial charge in [0.15, 0.2) is 6.10 Å². The fourth-order valence-corrected chi connectivity index (χ4v) is 10.4. The lowest BCUT2D eigenvalue weighted by Crippen LogP contribution is -2.30. The summed E-state index contributed by atoms with van der Waals surface area (Å²) < 4.78 is 17.0. The summed E-state index contributed by atoms with van der Waals surface area (Å²) in [5, 5.41) is 0. The number of carbonyl (C=O) groups is 3. The second-order valence-electron chi connectivity index (χ2n) is 23.8. The smallest absolute Gasteiger partial charge is 0.306 e. The minimum absolute atomic E-state index is 0.0615. The number of carbonyl (C=O) groups excluding carboxylic acids is 3. The van der Waals surface area contributed by atoms with Gasteiger partial charge < -0.3 is 14.2 Å². The molecule has 2 atom stereocenters. The number of ether oxygens (including phenoxy) is 3. The van der Waals surface area contributed by atoms with Crippen molar-refractivity contribution in [3.63, 3.8) is 0 Å². The van der Waals surface area contributed by atoms with Crippen molar-refractivity contribution < 1.29 is 28.6 Å². The Kier molecular flexibility index (Phi) is 58.4. The Hall–Kier alpha value is -1.59. The molecule has 0 aliphatic carbocycles. The van der Waals surface area contributed by atoms with E-state index in [0.717, 1.165) is 69.6 Å². The molecule has 0 bridgehead atoms. The zero-order valence-electron chi connectivity index (χ0n) is 50.3. The average Bonchev–Trinajstić information content (AvgIpc) is 3.38. The third-order valence-electron chi connectivity index (χ3n) is 15.8. The summed E-state index contributed by atoms with van der Waals surface area (Å²) in [5.41, 5.74) is 0. The molecule has 0 aromatic heterocycles. The van der Waals surface area contributed by atoms with E-state index in [9.17, 15) is 14.4 Å². The lowest BCUT2D eigenvalue weighted by atomic mass is 9.99. The Morgan fingerprint density at radius 3 is 0.781 bits per heavy atom. The number of unbranched alkanes of at least 4 members (excludes halogenated alkanes) is 45. The van der Waals surface area contributed by atoms with Gasteiger partial charge >= 0.3 is 17.9 Å². The molecule has 0 N–H and O–H groups in total. The van der Waals surface area contributed by atoms with Crippen molar-refractivity contribution in [1.82, 2.24) is 0 Å². The molecule has 0 amide bonds. The quantitative estimate of drug-likeness (QED) is 0.0343. The maximum atomic E-state index is 12.9. The number of esters is 3. The maximum absolute atomic E-state index is 12.9. The number of rotatable bonds is 61. The third-order valence-corrected chi connectivity index (χ3v) is 15.8. The monoisotopic (exact) mass is 1030 g/mol. The molecule has 0 aliphatic heterocycles. The lowest BCUT2D eigenvalue weighted by molar-refractivity contribution is -0.167. The molecule has 1 unspecified atom stereocenters. The van der Waals surface area contributed by atoms with Crippen molar-refractivity contribution in [3.8, 4) is 0 Å². The van der Waals surface area contributed by atoms with Crippen LogP contribution in [-0.4, -0.2) is 37.2 Å². The SMILES string of the molecule is CCCCCCCCCCCCCCCCCC(=O)OC[C@H](COC(=O)CCCCCCCCCCCCCCCCCC(C)C)OC(=O)CCCCCCCCCCCCCCCCCCCCC(C)CC. The predicted molar refractivity (Wildman–Crippen MR) is 316 cm³/mol. The van der Waals surface area contributed by atoms with Gasteiger partial charge in [0.25, 0.3) is 0 Å². The third kappa shape index (κ3) is 59.5. The van der Waals surface area contributed by atoms with Gasteiger partial charge in [0.1, 0.15) is 13.2 Å². The van der Waals surface area contributed by atoms with Crippen LogP contribution >= 0.6 is 0 Å².